The van der Waals surface area contributed by atoms with Gasteiger partial charge in [-0.2, -0.15) is 0 Å². The molecule has 4 nitrogen and oxygen atoms in total. The Balaban J connectivity index is 1.69. The molecule has 3 aromatic rings. The highest BCUT2D eigenvalue weighted by atomic mass is 35.5. The first-order valence-electron chi connectivity index (χ1n) is 7.28. The maximum atomic E-state index is 12.0. The SMILES string of the molecule is O=C(CCc1cc2ccccc2[nH]c1=O)Nc1cccc(Cl)c1. The fraction of sp³-hybridized carbons (Fsp3) is 0.111. The summed E-state index contributed by atoms with van der Waals surface area (Å²) in [6.07, 6.45) is 0.612. The van der Waals surface area contributed by atoms with Crippen molar-refractivity contribution >= 4 is 34.1 Å². The highest BCUT2D eigenvalue weighted by Gasteiger charge is 2.07. The van der Waals surface area contributed by atoms with Crippen LogP contribution in [0.15, 0.2) is 59.4 Å². The Morgan fingerprint density at radius 2 is 1.91 bits per heavy atom. The van der Waals surface area contributed by atoms with Crippen molar-refractivity contribution in [2.75, 3.05) is 5.32 Å². The van der Waals surface area contributed by atoms with Gasteiger partial charge in [-0.25, -0.2) is 0 Å². The summed E-state index contributed by atoms with van der Waals surface area (Å²) >= 11 is 5.88. The van der Waals surface area contributed by atoms with Gasteiger partial charge < -0.3 is 10.3 Å². The molecule has 23 heavy (non-hydrogen) atoms. The lowest BCUT2D eigenvalue weighted by atomic mass is 10.1. The lowest BCUT2D eigenvalue weighted by Gasteiger charge is -2.06. The summed E-state index contributed by atoms with van der Waals surface area (Å²) < 4.78 is 0. The second-order valence-corrected chi connectivity index (χ2v) is 5.71. The van der Waals surface area contributed by atoms with E-state index in [0.29, 0.717) is 22.7 Å². The van der Waals surface area contributed by atoms with E-state index in [9.17, 15) is 9.59 Å². The van der Waals surface area contributed by atoms with E-state index in [4.69, 9.17) is 11.6 Å². The minimum absolute atomic E-state index is 0.153. The molecule has 0 aliphatic rings. The highest BCUT2D eigenvalue weighted by Crippen LogP contribution is 2.15. The molecule has 0 unspecified atom stereocenters. The van der Waals surface area contributed by atoms with Gasteiger partial charge in [0.25, 0.3) is 5.56 Å². The second kappa shape index (κ2) is 6.67. The lowest BCUT2D eigenvalue weighted by Crippen LogP contribution is -2.17. The van der Waals surface area contributed by atoms with Gasteiger partial charge in [0.1, 0.15) is 0 Å². The number of rotatable bonds is 4. The van der Waals surface area contributed by atoms with Crippen LogP contribution in [0.2, 0.25) is 5.02 Å². The largest absolute Gasteiger partial charge is 0.326 e. The molecule has 0 aliphatic heterocycles. The van der Waals surface area contributed by atoms with Crippen LogP contribution in [-0.4, -0.2) is 10.9 Å². The summed E-state index contributed by atoms with van der Waals surface area (Å²) in [7, 11) is 0. The van der Waals surface area contributed by atoms with Crippen LogP contribution < -0.4 is 10.9 Å². The average Bonchev–Trinajstić information content (AvgIpc) is 2.53. The Bertz CT molecular complexity index is 918. The molecule has 0 radical (unpaired) electrons. The number of para-hydroxylation sites is 1. The first-order valence-corrected chi connectivity index (χ1v) is 7.66. The zero-order chi connectivity index (χ0) is 16.2. The molecule has 2 N–H and O–H groups in total. The molecule has 1 heterocycles. The van der Waals surface area contributed by atoms with E-state index in [1.165, 1.54) is 0 Å². The van der Waals surface area contributed by atoms with Crippen molar-refractivity contribution in [2.45, 2.75) is 12.8 Å². The van der Waals surface area contributed by atoms with E-state index in [2.05, 4.69) is 10.3 Å². The van der Waals surface area contributed by atoms with Gasteiger partial charge in [0.05, 0.1) is 0 Å². The summed E-state index contributed by atoms with van der Waals surface area (Å²) in [5, 5.41) is 4.29. The van der Waals surface area contributed by atoms with Crippen LogP contribution in [0, 0.1) is 0 Å². The number of pyridine rings is 1. The van der Waals surface area contributed by atoms with E-state index < -0.39 is 0 Å². The van der Waals surface area contributed by atoms with Gasteiger partial charge >= 0.3 is 0 Å². The molecule has 0 saturated heterocycles. The van der Waals surface area contributed by atoms with Crippen molar-refractivity contribution in [1.29, 1.82) is 0 Å². The molecule has 0 fully saturated rings. The van der Waals surface area contributed by atoms with E-state index in [1.807, 2.05) is 30.3 Å². The number of hydrogen-bond acceptors (Lipinski definition) is 2. The molecule has 0 aliphatic carbocycles. The third-order valence-electron chi connectivity index (χ3n) is 3.56. The van der Waals surface area contributed by atoms with Crippen LogP contribution in [-0.2, 0) is 11.2 Å². The number of carbonyl (C=O) groups excluding carboxylic acids is 1. The van der Waals surface area contributed by atoms with Crippen molar-refractivity contribution in [3.63, 3.8) is 0 Å². The lowest BCUT2D eigenvalue weighted by molar-refractivity contribution is -0.116. The molecule has 3 rings (SSSR count). The quantitative estimate of drug-likeness (QED) is 0.767. The molecule has 116 valence electrons. The maximum absolute atomic E-state index is 12.0. The Kier molecular flexibility index (Phi) is 4.44. The fourth-order valence-corrected chi connectivity index (χ4v) is 2.61. The van der Waals surface area contributed by atoms with Gasteiger partial charge in [0.2, 0.25) is 5.91 Å². The molecule has 2 aromatic carbocycles. The number of amides is 1. The van der Waals surface area contributed by atoms with Crippen molar-refractivity contribution in [3.8, 4) is 0 Å². The molecule has 0 spiro atoms. The molecule has 1 aromatic heterocycles. The maximum Gasteiger partial charge on any atom is 0.251 e. The Morgan fingerprint density at radius 1 is 1.09 bits per heavy atom. The first kappa shape index (κ1) is 15.3. The highest BCUT2D eigenvalue weighted by molar-refractivity contribution is 6.30. The van der Waals surface area contributed by atoms with E-state index >= 15 is 0 Å². The Hall–Kier alpha value is -2.59. The van der Waals surface area contributed by atoms with Gasteiger partial charge in [-0.05, 0) is 42.1 Å². The summed E-state index contributed by atoms with van der Waals surface area (Å²) in [6.45, 7) is 0. The van der Waals surface area contributed by atoms with Crippen LogP contribution >= 0.6 is 11.6 Å². The smallest absolute Gasteiger partial charge is 0.251 e. The summed E-state index contributed by atoms with van der Waals surface area (Å²) in [5.41, 5.74) is 1.89. The summed E-state index contributed by atoms with van der Waals surface area (Å²) in [6, 6.07) is 16.4. The van der Waals surface area contributed by atoms with Crippen LogP contribution in [0.4, 0.5) is 5.69 Å². The number of fused-ring (bicyclic) bond motifs is 1. The molecule has 0 bridgehead atoms. The number of anilines is 1. The zero-order valence-corrected chi connectivity index (χ0v) is 13.1. The first-order chi connectivity index (χ1) is 11.1. The summed E-state index contributed by atoms with van der Waals surface area (Å²) in [5.74, 6) is -0.153. The number of aromatic nitrogens is 1. The topological polar surface area (TPSA) is 62.0 Å². The van der Waals surface area contributed by atoms with Crippen molar-refractivity contribution in [2.24, 2.45) is 0 Å². The van der Waals surface area contributed by atoms with E-state index in [-0.39, 0.29) is 17.9 Å². The molecule has 5 heteroatoms. The minimum atomic E-state index is -0.153. The van der Waals surface area contributed by atoms with Gasteiger partial charge in [0, 0.05) is 28.2 Å². The number of aromatic amines is 1. The predicted molar refractivity (Wildman–Crippen MR) is 93.0 cm³/mol. The van der Waals surface area contributed by atoms with E-state index in [0.717, 1.165) is 10.9 Å². The molecule has 0 atom stereocenters. The van der Waals surface area contributed by atoms with Crippen LogP contribution in [0.3, 0.4) is 0 Å². The average molecular weight is 327 g/mol. The van der Waals surface area contributed by atoms with Crippen molar-refractivity contribution < 1.29 is 4.79 Å². The number of H-pyrrole nitrogens is 1. The number of benzene rings is 2. The van der Waals surface area contributed by atoms with Gasteiger partial charge in [-0.1, -0.05) is 35.9 Å². The summed E-state index contributed by atoms with van der Waals surface area (Å²) in [4.78, 5) is 26.9. The second-order valence-electron chi connectivity index (χ2n) is 5.27. The van der Waals surface area contributed by atoms with E-state index in [1.54, 1.807) is 24.3 Å². The normalized spacial score (nSPS) is 10.7. The molecule has 1 amide bonds. The fourth-order valence-electron chi connectivity index (χ4n) is 2.42. The third-order valence-corrected chi connectivity index (χ3v) is 3.80. The Labute approximate surface area is 138 Å². The van der Waals surface area contributed by atoms with Gasteiger partial charge in [-0.15, -0.1) is 0 Å². The number of halogens is 1. The monoisotopic (exact) mass is 326 g/mol. The molecular formula is C18H15ClN2O2. The Morgan fingerprint density at radius 3 is 2.74 bits per heavy atom. The molecule has 0 saturated carbocycles. The van der Waals surface area contributed by atoms with Gasteiger partial charge in [-0.3, -0.25) is 9.59 Å². The van der Waals surface area contributed by atoms with Crippen LogP contribution in [0.1, 0.15) is 12.0 Å². The van der Waals surface area contributed by atoms with Gasteiger partial charge in [0.15, 0.2) is 0 Å². The third kappa shape index (κ3) is 3.79. The zero-order valence-electron chi connectivity index (χ0n) is 12.3. The van der Waals surface area contributed by atoms with Crippen LogP contribution in [0.25, 0.3) is 10.9 Å². The number of carbonyl (C=O) groups is 1. The number of aryl methyl sites for hydroxylation is 1. The number of hydrogen-bond donors (Lipinski definition) is 2. The predicted octanol–water partition coefficient (Wildman–Crippen LogP) is 3.75. The van der Waals surface area contributed by atoms with Crippen molar-refractivity contribution in [1.82, 2.24) is 4.98 Å². The minimum Gasteiger partial charge on any atom is -0.326 e. The van der Waals surface area contributed by atoms with Crippen molar-refractivity contribution in [3.05, 3.63) is 75.5 Å². The molecular weight excluding hydrogens is 312 g/mol. The number of nitrogens with one attached hydrogen (secondary N) is 2. The standard InChI is InChI=1S/C18H15ClN2O2/c19-14-5-3-6-15(11-14)20-17(22)9-8-13-10-12-4-1-2-7-16(12)21-18(13)23/h1-7,10-11H,8-9H2,(H,20,22)(H,21,23). The van der Waals surface area contributed by atoms with Crippen LogP contribution in [0.5, 0.6) is 0 Å².